The number of thiazole rings is 1. The second-order valence-corrected chi connectivity index (χ2v) is 5.24. The molecule has 0 unspecified atom stereocenters. The molecule has 0 amide bonds. The van der Waals surface area contributed by atoms with E-state index in [1.165, 1.54) is 29.0 Å². The molecule has 1 saturated carbocycles. The molecule has 0 bridgehead atoms. The molecule has 1 aromatic carbocycles. The van der Waals surface area contributed by atoms with Crippen LogP contribution in [0.15, 0.2) is 18.2 Å². The van der Waals surface area contributed by atoms with E-state index in [1.54, 1.807) is 11.3 Å². The van der Waals surface area contributed by atoms with Gasteiger partial charge in [0, 0.05) is 5.92 Å². The van der Waals surface area contributed by atoms with Crippen LogP contribution in [0.1, 0.15) is 30.2 Å². The minimum absolute atomic E-state index is 0.712. The van der Waals surface area contributed by atoms with Gasteiger partial charge < -0.3 is 0 Å². The average molecular weight is 224 g/mol. The molecule has 0 radical (unpaired) electrons. The van der Waals surface area contributed by atoms with Crippen LogP contribution < -0.4 is 0 Å². The van der Waals surface area contributed by atoms with Crippen LogP contribution in [0.4, 0.5) is 0 Å². The van der Waals surface area contributed by atoms with E-state index in [2.05, 4.69) is 11.1 Å². The predicted octanol–water partition coefficient (Wildman–Crippen LogP) is 4.22. The number of nitrogens with zero attached hydrogens (tertiary/aromatic N) is 1. The van der Waals surface area contributed by atoms with Crippen molar-refractivity contribution in [2.24, 2.45) is 0 Å². The number of rotatable bonds is 1. The van der Waals surface area contributed by atoms with Crippen molar-refractivity contribution in [2.75, 3.05) is 0 Å². The molecule has 1 fully saturated rings. The summed E-state index contributed by atoms with van der Waals surface area (Å²) in [6.07, 6.45) is 3.96. The standard InChI is InChI=1S/C11H10ClNS/c12-8-5-2-6-9-10(8)13-11(14-9)7-3-1-4-7/h2,5-7H,1,3-4H2. The van der Waals surface area contributed by atoms with Crippen molar-refractivity contribution in [1.82, 2.24) is 4.98 Å². The zero-order valence-electron chi connectivity index (χ0n) is 7.66. The van der Waals surface area contributed by atoms with E-state index < -0.39 is 0 Å². The Balaban J connectivity index is 2.15. The van der Waals surface area contributed by atoms with Gasteiger partial charge in [0.1, 0.15) is 5.52 Å². The molecule has 3 rings (SSSR count). The molecular formula is C11H10ClNS. The van der Waals surface area contributed by atoms with Gasteiger partial charge in [0.2, 0.25) is 0 Å². The van der Waals surface area contributed by atoms with Crippen LogP contribution in [0.5, 0.6) is 0 Å². The van der Waals surface area contributed by atoms with Gasteiger partial charge in [-0.1, -0.05) is 24.1 Å². The van der Waals surface area contributed by atoms with Gasteiger partial charge >= 0.3 is 0 Å². The number of para-hydroxylation sites is 1. The van der Waals surface area contributed by atoms with Gasteiger partial charge in [-0.15, -0.1) is 11.3 Å². The number of fused-ring (bicyclic) bond motifs is 1. The largest absolute Gasteiger partial charge is 0.239 e. The van der Waals surface area contributed by atoms with Crippen LogP contribution >= 0.6 is 22.9 Å². The predicted molar refractivity (Wildman–Crippen MR) is 61.2 cm³/mol. The van der Waals surface area contributed by atoms with E-state index >= 15 is 0 Å². The van der Waals surface area contributed by atoms with Crippen molar-refractivity contribution in [3.8, 4) is 0 Å². The lowest BCUT2D eigenvalue weighted by atomic mass is 9.86. The van der Waals surface area contributed by atoms with Gasteiger partial charge in [0.15, 0.2) is 0 Å². The second-order valence-electron chi connectivity index (χ2n) is 3.77. The molecule has 72 valence electrons. The summed E-state index contributed by atoms with van der Waals surface area (Å²) in [5.41, 5.74) is 0.987. The summed E-state index contributed by atoms with van der Waals surface area (Å²) in [4.78, 5) is 4.62. The third-order valence-electron chi connectivity index (χ3n) is 2.84. The van der Waals surface area contributed by atoms with E-state index in [4.69, 9.17) is 11.6 Å². The van der Waals surface area contributed by atoms with Crippen LogP contribution in [0.25, 0.3) is 10.2 Å². The molecular weight excluding hydrogens is 214 g/mol. The highest BCUT2D eigenvalue weighted by atomic mass is 35.5. The number of halogens is 1. The van der Waals surface area contributed by atoms with Crippen molar-refractivity contribution >= 4 is 33.2 Å². The molecule has 0 spiro atoms. The number of aromatic nitrogens is 1. The van der Waals surface area contributed by atoms with E-state index in [1.807, 2.05) is 12.1 Å². The Hall–Kier alpha value is -0.600. The number of hydrogen-bond donors (Lipinski definition) is 0. The maximum Gasteiger partial charge on any atom is 0.100 e. The molecule has 1 nitrogen and oxygen atoms in total. The van der Waals surface area contributed by atoms with Crippen LogP contribution in [0, 0.1) is 0 Å². The van der Waals surface area contributed by atoms with Crippen LogP contribution in [0.2, 0.25) is 5.02 Å². The Bertz CT molecular complexity index is 473. The Kier molecular flexibility index (Phi) is 1.99. The molecule has 3 heteroatoms. The minimum atomic E-state index is 0.712. The lowest BCUT2D eigenvalue weighted by Gasteiger charge is -2.22. The molecule has 0 atom stereocenters. The summed E-state index contributed by atoms with van der Waals surface area (Å²) in [5.74, 6) is 0.712. The van der Waals surface area contributed by atoms with Crippen molar-refractivity contribution in [3.05, 3.63) is 28.2 Å². The summed E-state index contributed by atoms with van der Waals surface area (Å²) >= 11 is 7.88. The quantitative estimate of drug-likeness (QED) is 0.706. The number of hydrogen-bond acceptors (Lipinski definition) is 2. The van der Waals surface area contributed by atoms with Crippen molar-refractivity contribution in [3.63, 3.8) is 0 Å². The first kappa shape index (κ1) is 8.69. The fourth-order valence-corrected chi connectivity index (χ4v) is 3.20. The third-order valence-corrected chi connectivity index (χ3v) is 4.33. The normalized spacial score (nSPS) is 17.2. The van der Waals surface area contributed by atoms with Gasteiger partial charge in [0.05, 0.1) is 14.7 Å². The van der Waals surface area contributed by atoms with Crippen LogP contribution in [-0.2, 0) is 0 Å². The van der Waals surface area contributed by atoms with Gasteiger partial charge in [-0.2, -0.15) is 0 Å². The molecule has 2 aromatic rings. The van der Waals surface area contributed by atoms with Gasteiger partial charge in [0.25, 0.3) is 0 Å². The van der Waals surface area contributed by atoms with E-state index in [9.17, 15) is 0 Å². The Labute approximate surface area is 91.7 Å². The fourth-order valence-electron chi connectivity index (χ4n) is 1.76. The Morgan fingerprint density at radius 2 is 2.21 bits per heavy atom. The SMILES string of the molecule is Clc1cccc2sc(C3CCC3)nc12. The summed E-state index contributed by atoms with van der Waals surface area (Å²) in [6.45, 7) is 0. The number of benzene rings is 1. The van der Waals surface area contributed by atoms with Crippen molar-refractivity contribution in [2.45, 2.75) is 25.2 Å². The minimum Gasteiger partial charge on any atom is -0.239 e. The molecule has 0 aliphatic heterocycles. The first-order chi connectivity index (χ1) is 6.84. The highest BCUT2D eigenvalue weighted by Gasteiger charge is 2.23. The lowest BCUT2D eigenvalue weighted by Crippen LogP contribution is -2.07. The molecule has 1 heterocycles. The molecule has 1 aromatic heterocycles. The zero-order chi connectivity index (χ0) is 9.54. The molecule has 14 heavy (non-hydrogen) atoms. The first-order valence-electron chi connectivity index (χ1n) is 4.89. The second kappa shape index (κ2) is 3.21. The highest BCUT2D eigenvalue weighted by molar-refractivity contribution is 7.18. The van der Waals surface area contributed by atoms with Crippen LogP contribution in [-0.4, -0.2) is 4.98 Å². The van der Waals surface area contributed by atoms with Gasteiger partial charge in [-0.3, -0.25) is 0 Å². The van der Waals surface area contributed by atoms with Gasteiger partial charge in [-0.25, -0.2) is 4.98 Å². The molecule has 1 aliphatic carbocycles. The Morgan fingerprint density at radius 3 is 2.86 bits per heavy atom. The van der Waals surface area contributed by atoms with Gasteiger partial charge in [-0.05, 0) is 25.0 Å². The summed E-state index contributed by atoms with van der Waals surface area (Å²) in [7, 11) is 0. The van der Waals surface area contributed by atoms with E-state index in [-0.39, 0.29) is 0 Å². The summed E-state index contributed by atoms with van der Waals surface area (Å²) in [6, 6.07) is 6.00. The summed E-state index contributed by atoms with van der Waals surface area (Å²) in [5, 5.41) is 2.06. The topological polar surface area (TPSA) is 12.9 Å². The van der Waals surface area contributed by atoms with E-state index in [0.29, 0.717) is 5.92 Å². The maximum atomic E-state index is 6.08. The molecule has 1 aliphatic rings. The highest BCUT2D eigenvalue weighted by Crippen LogP contribution is 2.40. The van der Waals surface area contributed by atoms with Crippen LogP contribution in [0.3, 0.4) is 0 Å². The Morgan fingerprint density at radius 1 is 1.36 bits per heavy atom. The smallest absolute Gasteiger partial charge is 0.100 e. The zero-order valence-corrected chi connectivity index (χ0v) is 9.24. The molecule has 0 N–H and O–H groups in total. The fraction of sp³-hybridized carbons (Fsp3) is 0.364. The van der Waals surface area contributed by atoms with Crippen molar-refractivity contribution in [1.29, 1.82) is 0 Å². The van der Waals surface area contributed by atoms with E-state index in [0.717, 1.165) is 10.5 Å². The maximum absolute atomic E-state index is 6.08. The first-order valence-corrected chi connectivity index (χ1v) is 6.09. The third kappa shape index (κ3) is 1.25. The monoisotopic (exact) mass is 223 g/mol. The molecule has 0 saturated heterocycles. The summed E-state index contributed by atoms with van der Waals surface area (Å²) < 4.78 is 1.22. The average Bonchev–Trinajstić information content (AvgIpc) is 2.46. The lowest BCUT2D eigenvalue weighted by molar-refractivity contribution is 0.419. The van der Waals surface area contributed by atoms with Crippen molar-refractivity contribution < 1.29 is 0 Å².